The van der Waals surface area contributed by atoms with Crippen LogP contribution in [0.3, 0.4) is 0 Å². The van der Waals surface area contributed by atoms with Crippen molar-refractivity contribution in [3.05, 3.63) is 40.5 Å². The molecule has 72 valence electrons. The van der Waals surface area contributed by atoms with Gasteiger partial charge in [0.1, 0.15) is 0 Å². The standard InChI is InChI=1S/C14H16/c1-9-7-12-5-6-13(11-3-4-11)14(12)8-10(9)2/h6-8,11H,3-5H2,1-2H3. The molecule has 3 rings (SSSR count). The van der Waals surface area contributed by atoms with Gasteiger partial charge in [-0.05, 0) is 66.9 Å². The summed E-state index contributed by atoms with van der Waals surface area (Å²) in [6.07, 6.45) is 6.44. The Bertz CT molecular complexity index is 420. The molecule has 0 spiro atoms. The maximum absolute atomic E-state index is 2.45. The molecule has 0 bridgehead atoms. The highest BCUT2D eigenvalue weighted by atomic mass is 14.3. The molecular formula is C14H16. The van der Waals surface area contributed by atoms with Crippen molar-refractivity contribution >= 4 is 5.57 Å². The molecule has 1 saturated carbocycles. The normalized spacial score (nSPS) is 19.4. The second kappa shape index (κ2) is 2.73. The van der Waals surface area contributed by atoms with Crippen LogP contribution in [0.1, 0.15) is 35.1 Å². The number of fused-ring (bicyclic) bond motifs is 1. The van der Waals surface area contributed by atoms with Gasteiger partial charge in [0.15, 0.2) is 0 Å². The number of benzene rings is 1. The molecular weight excluding hydrogens is 168 g/mol. The van der Waals surface area contributed by atoms with Crippen molar-refractivity contribution in [2.75, 3.05) is 0 Å². The van der Waals surface area contributed by atoms with Crippen molar-refractivity contribution < 1.29 is 0 Å². The van der Waals surface area contributed by atoms with E-state index in [4.69, 9.17) is 0 Å². The fourth-order valence-corrected chi connectivity index (χ4v) is 2.42. The van der Waals surface area contributed by atoms with Crippen LogP contribution in [0.5, 0.6) is 0 Å². The van der Waals surface area contributed by atoms with Crippen LogP contribution in [-0.2, 0) is 6.42 Å². The van der Waals surface area contributed by atoms with Gasteiger partial charge in [-0.15, -0.1) is 0 Å². The quantitative estimate of drug-likeness (QED) is 0.625. The summed E-state index contributed by atoms with van der Waals surface area (Å²) < 4.78 is 0. The van der Waals surface area contributed by atoms with E-state index in [1.807, 2.05) is 0 Å². The predicted molar refractivity (Wildman–Crippen MR) is 60.3 cm³/mol. The fourth-order valence-electron chi connectivity index (χ4n) is 2.42. The lowest BCUT2D eigenvalue weighted by atomic mass is 9.97. The first-order valence-corrected chi connectivity index (χ1v) is 5.56. The highest BCUT2D eigenvalue weighted by Crippen LogP contribution is 2.46. The average molecular weight is 184 g/mol. The van der Waals surface area contributed by atoms with E-state index in [2.05, 4.69) is 32.1 Å². The van der Waals surface area contributed by atoms with Crippen molar-refractivity contribution in [2.45, 2.75) is 33.1 Å². The lowest BCUT2D eigenvalue weighted by Gasteiger charge is -2.08. The van der Waals surface area contributed by atoms with Crippen LogP contribution in [0.15, 0.2) is 18.2 Å². The molecule has 1 fully saturated rings. The molecule has 2 aliphatic carbocycles. The molecule has 0 amide bonds. The molecule has 0 heteroatoms. The molecule has 1 aromatic rings. The molecule has 0 aromatic heterocycles. The van der Waals surface area contributed by atoms with E-state index in [0.29, 0.717) is 0 Å². The van der Waals surface area contributed by atoms with Crippen LogP contribution >= 0.6 is 0 Å². The fraction of sp³-hybridized carbons (Fsp3) is 0.429. The smallest absolute Gasteiger partial charge is 0.00852 e. The summed E-state index contributed by atoms with van der Waals surface area (Å²) in [5.74, 6) is 0.901. The molecule has 1 aromatic carbocycles. The zero-order valence-electron chi connectivity index (χ0n) is 8.93. The van der Waals surface area contributed by atoms with E-state index in [1.165, 1.54) is 30.4 Å². The first-order valence-electron chi connectivity index (χ1n) is 5.56. The number of hydrogen-bond acceptors (Lipinski definition) is 0. The van der Waals surface area contributed by atoms with Crippen LogP contribution in [-0.4, -0.2) is 0 Å². The van der Waals surface area contributed by atoms with E-state index < -0.39 is 0 Å². The highest BCUT2D eigenvalue weighted by Gasteiger charge is 2.30. The maximum Gasteiger partial charge on any atom is -0.00852 e. The first-order chi connectivity index (χ1) is 6.75. The van der Waals surface area contributed by atoms with E-state index in [0.717, 1.165) is 5.92 Å². The van der Waals surface area contributed by atoms with Gasteiger partial charge in [0, 0.05) is 0 Å². The summed E-state index contributed by atoms with van der Waals surface area (Å²) in [4.78, 5) is 0. The summed E-state index contributed by atoms with van der Waals surface area (Å²) in [6, 6.07) is 4.76. The average Bonchev–Trinajstić information content (AvgIpc) is 2.91. The summed E-state index contributed by atoms with van der Waals surface area (Å²) in [7, 11) is 0. The lowest BCUT2D eigenvalue weighted by molar-refractivity contribution is 1.15. The highest BCUT2D eigenvalue weighted by molar-refractivity contribution is 5.76. The van der Waals surface area contributed by atoms with Gasteiger partial charge in [-0.3, -0.25) is 0 Å². The van der Waals surface area contributed by atoms with Crippen molar-refractivity contribution in [1.82, 2.24) is 0 Å². The molecule has 0 nitrogen and oxygen atoms in total. The third-order valence-corrected chi connectivity index (χ3v) is 3.59. The Morgan fingerprint density at radius 1 is 1.07 bits per heavy atom. The van der Waals surface area contributed by atoms with Gasteiger partial charge >= 0.3 is 0 Å². The Kier molecular flexibility index (Phi) is 1.61. The molecule has 0 saturated heterocycles. The zero-order chi connectivity index (χ0) is 9.71. The van der Waals surface area contributed by atoms with Gasteiger partial charge in [0.05, 0.1) is 0 Å². The van der Waals surface area contributed by atoms with Crippen LogP contribution in [0.2, 0.25) is 0 Å². The van der Waals surface area contributed by atoms with Gasteiger partial charge in [-0.1, -0.05) is 18.2 Å². The summed E-state index contributed by atoms with van der Waals surface area (Å²) in [6.45, 7) is 4.43. The van der Waals surface area contributed by atoms with Crippen LogP contribution in [0, 0.1) is 19.8 Å². The molecule has 0 heterocycles. The largest absolute Gasteiger partial charge is 0.0760 e. The van der Waals surface area contributed by atoms with Gasteiger partial charge in [0.25, 0.3) is 0 Å². The minimum absolute atomic E-state index is 0.901. The summed E-state index contributed by atoms with van der Waals surface area (Å²) in [5, 5.41) is 0. The monoisotopic (exact) mass is 184 g/mol. The van der Waals surface area contributed by atoms with Crippen LogP contribution in [0.4, 0.5) is 0 Å². The minimum atomic E-state index is 0.901. The topological polar surface area (TPSA) is 0 Å². The van der Waals surface area contributed by atoms with E-state index >= 15 is 0 Å². The van der Waals surface area contributed by atoms with Gasteiger partial charge < -0.3 is 0 Å². The van der Waals surface area contributed by atoms with Crippen molar-refractivity contribution in [3.8, 4) is 0 Å². The Morgan fingerprint density at radius 2 is 1.79 bits per heavy atom. The summed E-state index contributed by atoms with van der Waals surface area (Å²) >= 11 is 0. The molecule has 0 radical (unpaired) electrons. The molecule has 2 aliphatic rings. The van der Waals surface area contributed by atoms with Gasteiger partial charge in [0.2, 0.25) is 0 Å². The van der Waals surface area contributed by atoms with Crippen LogP contribution < -0.4 is 0 Å². The second-order valence-corrected chi connectivity index (χ2v) is 4.73. The summed E-state index contributed by atoms with van der Waals surface area (Å²) in [5.41, 5.74) is 7.63. The van der Waals surface area contributed by atoms with Crippen molar-refractivity contribution in [2.24, 2.45) is 5.92 Å². The van der Waals surface area contributed by atoms with E-state index in [-0.39, 0.29) is 0 Å². The Hall–Kier alpha value is -1.04. The molecule has 0 atom stereocenters. The Labute approximate surface area is 85.6 Å². The van der Waals surface area contributed by atoms with Crippen molar-refractivity contribution in [1.29, 1.82) is 0 Å². The zero-order valence-corrected chi connectivity index (χ0v) is 8.93. The third-order valence-electron chi connectivity index (χ3n) is 3.59. The van der Waals surface area contributed by atoms with Crippen LogP contribution in [0.25, 0.3) is 5.57 Å². The van der Waals surface area contributed by atoms with E-state index in [1.54, 1.807) is 16.7 Å². The number of hydrogen-bond donors (Lipinski definition) is 0. The third kappa shape index (κ3) is 1.13. The minimum Gasteiger partial charge on any atom is -0.0760 e. The Morgan fingerprint density at radius 3 is 2.50 bits per heavy atom. The van der Waals surface area contributed by atoms with E-state index in [9.17, 15) is 0 Å². The number of rotatable bonds is 1. The molecule has 14 heavy (non-hydrogen) atoms. The van der Waals surface area contributed by atoms with Crippen molar-refractivity contribution in [3.63, 3.8) is 0 Å². The molecule has 0 unspecified atom stereocenters. The maximum atomic E-state index is 2.45. The number of aryl methyl sites for hydroxylation is 2. The molecule has 0 aliphatic heterocycles. The lowest BCUT2D eigenvalue weighted by Crippen LogP contribution is -1.90. The number of allylic oxidation sites excluding steroid dienone is 2. The SMILES string of the molecule is Cc1cc2c(cc1C)C(C1CC1)=CC2. The second-order valence-electron chi connectivity index (χ2n) is 4.73. The molecule has 0 N–H and O–H groups in total. The first kappa shape index (κ1) is 8.28. The predicted octanol–water partition coefficient (Wildman–Crippen LogP) is 3.65. The Balaban J connectivity index is 2.10. The van der Waals surface area contributed by atoms with Gasteiger partial charge in [-0.25, -0.2) is 0 Å². The van der Waals surface area contributed by atoms with Gasteiger partial charge in [-0.2, -0.15) is 0 Å².